The zero-order chi connectivity index (χ0) is 16.3. The van der Waals surface area contributed by atoms with Crippen molar-refractivity contribution in [1.29, 1.82) is 0 Å². The Bertz CT molecular complexity index is 494. The Kier molecular flexibility index (Phi) is 5.50. The van der Waals surface area contributed by atoms with Gasteiger partial charge in [-0.2, -0.15) is 0 Å². The molecule has 0 bridgehead atoms. The Morgan fingerprint density at radius 3 is 2.14 bits per heavy atom. The summed E-state index contributed by atoms with van der Waals surface area (Å²) in [7, 11) is 0. The van der Waals surface area contributed by atoms with Crippen molar-refractivity contribution in [3.05, 3.63) is 41.0 Å². The minimum Gasteiger partial charge on any atom is -0.294 e. The fourth-order valence-electron chi connectivity index (χ4n) is 3.48. The van der Waals surface area contributed by atoms with Crippen LogP contribution in [0.25, 0.3) is 6.08 Å². The zero-order valence-corrected chi connectivity index (χ0v) is 15.3. The van der Waals surface area contributed by atoms with Gasteiger partial charge in [0.25, 0.3) is 0 Å². The maximum absolute atomic E-state index is 2.67. The first-order valence-electron chi connectivity index (χ1n) is 8.81. The van der Waals surface area contributed by atoms with Gasteiger partial charge in [0.2, 0.25) is 0 Å². The van der Waals surface area contributed by atoms with Gasteiger partial charge in [0.05, 0.1) is 0 Å². The van der Waals surface area contributed by atoms with E-state index in [1.165, 1.54) is 36.0 Å². The van der Waals surface area contributed by atoms with Crippen molar-refractivity contribution in [2.75, 3.05) is 6.54 Å². The SMILES string of the molecule is CC(=Cc1ccc(C(C)(C)C)cc1)CN1C(C)CCCC1C. The molecule has 1 heteroatoms. The Morgan fingerprint density at radius 1 is 1.09 bits per heavy atom. The Labute approximate surface area is 137 Å². The lowest BCUT2D eigenvalue weighted by Gasteiger charge is -2.39. The smallest absolute Gasteiger partial charge is 0.0199 e. The van der Waals surface area contributed by atoms with Gasteiger partial charge in [0, 0.05) is 18.6 Å². The lowest BCUT2D eigenvalue weighted by atomic mass is 9.86. The van der Waals surface area contributed by atoms with E-state index in [4.69, 9.17) is 0 Å². The number of hydrogen-bond acceptors (Lipinski definition) is 1. The average Bonchev–Trinajstić information content (AvgIpc) is 2.43. The molecule has 1 aromatic carbocycles. The second-order valence-electron chi connectivity index (χ2n) is 8.16. The van der Waals surface area contributed by atoms with E-state index in [1.807, 2.05) is 0 Å². The van der Waals surface area contributed by atoms with Crippen LogP contribution in [0.3, 0.4) is 0 Å². The predicted molar refractivity (Wildman–Crippen MR) is 98.3 cm³/mol. The summed E-state index contributed by atoms with van der Waals surface area (Å²) < 4.78 is 0. The summed E-state index contributed by atoms with van der Waals surface area (Å²) in [6.07, 6.45) is 6.42. The molecule has 1 aliphatic heterocycles. The molecule has 0 aromatic heterocycles. The molecule has 1 nitrogen and oxygen atoms in total. The number of piperidine rings is 1. The zero-order valence-electron chi connectivity index (χ0n) is 15.3. The van der Waals surface area contributed by atoms with E-state index in [9.17, 15) is 0 Å². The maximum atomic E-state index is 2.67. The summed E-state index contributed by atoms with van der Waals surface area (Å²) in [4.78, 5) is 2.67. The Morgan fingerprint density at radius 2 is 1.64 bits per heavy atom. The second kappa shape index (κ2) is 7.00. The summed E-state index contributed by atoms with van der Waals surface area (Å²) in [5.41, 5.74) is 4.42. The fraction of sp³-hybridized carbons (Fsp3) is 0.619. The van der Waals surface area contributed by atoms with Crippen LogP contribution in [0.2, 0.25) is 0 Å². The van der Waals surface area contributed by atoms with E-state index in [-0.39, 0.29) is 5.41 Å². The molecule has 0 saturated carbocycles. The third-order valence-corrected chi connectivity index (χ3v) is 5.00. The van der Waals surface area contributed by atoms with Gasteiger partial charge in [0.15, 0.2) is 0 Å². The summed E-state index contributed by atoms with van der Waals surface area (Å²) in [5.74, 6) is 0. The molecule has 2 unspecified atom stereocenters. The number of rotatable bonds is 3. The van der Waals surface area contributed by atoms with Crippen molar-refractivity contribution >= 4 is 6.08 Å². The van der Waals surface area contributed by atoms with Crippen LogP contribution in [0.1, 0.15) is 71.9 Å². The standard InChI is InChI=1S/C21H33N/c1-16(15-22-17(2)8-7-9-18(22)3)14-19-10-12-20(13-11-19)21(4,5)6/h10-14,17-18H,7-9,15H2,1-6H3. The summed E-state index contributed by atoms with van der Waals surface area (Å²) in [6.45, 7) is 14.9. The molecule has 122 valence electrons. The minimum absolute atomic E-state index is 0.232. The van der Waals surface area contributed by atoms with Crippen LogP contribution < -0.4 is 0 Å². The van der Waals surface area contributed by atoms with E-state index in [1.54, 1.807) is 0 Å². The molecule has 0 amide bonds. The van der Waals surface area contributed by atoms with Crippen LogP contribution in [-0.4, -0.2) is 23.5 Å². The largest absolute Gasteiger partial charge is 0.294 e. The van der Waals surface area contributed by atoms with E-state index in [2.05, 4.69) is 76.8 Å². The molecule has 2 rings (SSSR count). The molecule has 0 spiro atoms. The van der Waals surface area contributed by atoms with Gasteiger partial charge in [0.1, 0.15) is 0 Å². The lowest BCUT2D eigenvalue weighted by molar-refractivity contribution is 0.116. The van der Waals surface area contributed by atoms with Gasteiger partial charge in [-0.05, 0) is 50.2 Å². The number of likely N-dealkylation sites (tertiary alicyclic amines) is 1. The highest BCUT2D eigenvalue weighted by molar-refractivity contribution is 5.53. The minimum atomic E-state index is 0.232. The average molecular weight is 300 g/mol. The highest BCUT2D eigenvalue weighted by Crippen LogP contribution is 2.25. The van der Waals surface area contributed by atoms with Crippen LogP contribution in [0, 0.1) is 0 Å². The Balaban J connectivity index is 2.05. The fourth-order valence-corrected chi connectivity index (χ4v) is 3.48. The van der Waals surface area contributed by atoms with Gasteiger partial charge in [-0.25, -0.2) is 0 Å². The van der Waals surface area contributed by atoms with Crippen molar-refractivity contribution in [2.45, 2.75) is 78.3 Å². The first-order chi connectivity index (χ1) is 10.3. The lowest BCUT2D eigenvalue weighted by Crippen LogP contribution is -2.44. The summed E-state index contributed by atoms with van der Waals surface area (Å²) >= 11 is 0. The third-order valence-electron chi connectivity index (χ3n) is 5.00. The molecular weight excluding hydrogens is 266 g/mol. The number of benzene rings is 1. The van der Waals surface area contributed by atoms with Crippen molar-refractivity contribution in [1.82, 2.24) is 4.90 Å². The van der Waals surface area contributed by atoms with E-state index in [0.29, 0.717) is 0 Å². The molecule has 1 aliphatic rings. The highest BCUT2D eigenvalue weighted by atomic mass is 15.2. The number of nitrogens with zero attached hydrogens (tertiary/aromatic N) is 1. The highest BCUT2D eigenvalue weighted by Gasteiger charge is 2.24. The molecule has 1 aromatic rings. The van der Waals surface area contributed by atoms with Gasteiger partial charge in [-0.3, -0.25) is 4.90 Å². The molecule has 2 atom stereocenters. The topological polar surface area (TPSA) is 3.24 Å². The molecule has 0 radical (unpaired) electrons. The van der Waals surface area contributed by atoms with Crippen LogP contribution in [0.15, 0.2) is 29.8 Å². The molecule has 0 aliphatic carbocycles. The second-order valence-corrected chi connectivity index (χ2v) is 8.16. The predicted octanol–water partition coefficient (Wildman–Crippen LogP) is 5.65. The maximum Gasteiger partial charge on any atom is 0.0199 e. The molecule has 1 fully saturated rings. The van der Waals surface area contributed by atoms with E-state index >= 15 is 0 Å². The molecule has 1 heterocycles. The van der Waals surface area contributed by atoms with Crippen molar-refractivity contribution < 1.29 is 0 Å². The third kappa shape index (κ3) is 4.46. The quantitative estimate of drug-likeness (QED) is 0.697. The van der Waals surface area contributed by atoms with Gasteiger partial charge in [-0.1, -0.05) is 63.1 Å². The Hall–Kier alpha value is -1.08. The summed E-state index contributed by atoms with van der Waals surface area (Å²) in [6, 6.07) is 10.5. The van der Waals surface area contributed by atoms with Crippen molar-refractivity contribution in [3.63, 3.8) is 0 Å². The van der Waals surface area contributed by atoms with Crippen LogP contribution in [0.4, 0.5) is 0 Å². The molecule has 22 heavy (non-hydrogen) atoms. The monoisotopic (exact) mass is 299 g/mol. The normalized spacial score (nSPS) is 24.5. The van der Waals surface area contributed by atoms with Gasteiger partial charge >= 0.3 is 0 Å². The molecule has 0 N–H and O–H groups in total. The van der Waals surface area contributed by atoms with E-state index < -0.39 is 0 Å². The van der Waals surface area contributed by atoms with Crippen LogP contribution >= 0.6 is 0 Å². The van der Waals surface area contributed by atoms with Crippen molar-refractivity contribution in [2.24, 2.45) is 0 Å². The first kappa shape index (κ1) is 17.3. The molecular formula is C21H33N. The molecule has 1 saturated heterocycles. The van der Waals surface area contributed by atoms with Gasteiger partial charge in [-0.15, -0.1) is 0 Å². The summed E-state index contributed by atoms with van der Waals surface area (Å²) in [5, 5.41) is 0. The number of hydrogen-bond donors (Lipinski definition) is 0. The first-order valence-corrected chi connectivity index (χ1v) is 8.81. The van der Waals surface area contributed by atoms with Gasteiger partial charge < -0.3 is 0 Å². The van der Waals surface area contributed by atoms with Crippen LogP contribution in [0.5, 0.6) is 0 Å². The van der Waals surface area contributed by atoms with Crippen molar-refractivity contribution in [3.8, 4) is 0 Å². The van der Waals surface area contributed by atoms with Crippen LogP contribution in [-0.2, 0) is 5.41 Å². The van der Waals surface area contributed by atoms with E-state index in [0.717, 1.165) is 18.6 Å².